The predicted octanol–water partition coefficient (Wildman–Crippen LogP) is 1.51. The summed E-state index contributed by atoms with van der Waals surface area (Å²) in [5.41, 5.74) is 2.17. The van der Waals surface area contributed by atoms with Crippen LogP contribution in [0.2, 0.25) is 0 Å². The van der Waals surface area contributed by atoms with Gasteiger partial charge in [0.15, 0.2) is 0 Å². The van der Waals surface area contributed by atoms with Gasteiger partial charge in [0.2, 0.25) is 0 Å². The van der Waals surface area contributed by atoms with Crippen molar-refractivity contribution in [3.05, 3.63) is 33.6 Å². The van der Waals surface area contributed by atoms with Crippen LogP contribution in [0.25, 0.3) is 0 Å². The Labute approximate surface area is 93.2 Å². The molecule has 2 heterocycles. The maximum absolute atomic E-state index is 10.7. The number of nitro groups is 1. The molecule has 1 aromatic heterocycles. The van der Waals surface area contributed by atoms with E-state index < -0.39 is 0 Å². The van der Waals surface area contributed by atoms with Gasteiger partial charge in [-0.3, -0.25) is 20.0 Å². The van der Waals surface area contributed by atoms with Crippen LogP contribution in [0.1, 0.15) is 24.1 Å². The molecule has 1 saturated carbocycles. The van der Waals surface area contributed by atoms with Gasteiger partial charge in [-0.1, -0.05) is 0 Å². The third kappa shape index (κ3) is 1.67. The van der Waals surface area contributed by atoms with Crippen LogP contribution >= 0.6 is 0 Å². The van der Waals surface area contributed by atoms with Crippen molar-refractivity contribution in [1.82, 2.24) is 9.88 Å². The Hall–Kier alpha value is -1.49. The largest absolute Gasteiger partial charge is 0.296 e. The SMILES string of the molecule is O=[N+]([O-])c1cnc2c(c1)CN(C1CC1)CC2. The van der Waals surface area contributed by atoms with Crippen molar-refractivity contribution in [2.24, 2.45) is 0 Å². The maximum Gasteiger partial charge on any atom is 0.287 e. The van der Waals surface area contributed by atoms with Crippen LogP contribution in [0.15, 0.2) is 12.3 Å². The molecule has 1 aliphatic carbocycles. The van der Waals surface area contributed by atoms with E-state index in [1.54, 1.807) is 6.07 Å². The molecule has 3 rings (SSSR count). The second kappa shape index (κ2) is 3.52. The second-order valence-corrected chi connectivity index (χ2v) is 4.51. The first-order valence-electron chi connectivity index (χ1n) is 5.60. The van der Waals surface area contributed by atoms with E-state index in [0.29, 0.717) is 6.04 Å². The fourth-order valence-electron chi connectivity index (χ4n) is 2.29. The minimum atomic E-state index is -0.372. The molecule has 84 valence electrons. The fraction of sp³-hybridized carbons (Fsp3) is 0.545. The third-order valence-corrected chi connectivity index (χ3v) is 3.33. The zero-order valence-electron chi connectivity index (χ0n) is 8.93. The smallest absolute Gasteiger partial charge is 0.287 e. The Morgan fingerprint density at radius 3 is 3.00 bits per heavy atom. The molecule has 5 nitrogen and oxygen atoms in total. The van der Waals surface area contributed by atoms with E-state index >= 15 is 0 Å². The van der Waals surface area contributed by atoms with Gasteiger partial charge in [0, 0.05) is 37.3 Å². The Kier molecular flexibility index (Phi) is 2.14. The van der Waals surface area contributed by atoms with Crippen LogP contribution in [0.4, 0.5) is 5.69 Å². The van der Waals surface area contributed by atoms with Crippen molar-refractivity contribution in [3.63, 3.8) is 0 Å². The summed E-state index contributed by atoms with van der Waals surface area (Å²) in [6, 6.07) is 2.39. The van der Waals surface area contributed by atoms with Gasteiger partial charge in [0.25, 0.3) is 5.69 Å². The van der Waals surface area contributed by atoms with Gasteiger partial charge >= 0.3 is 0 Å². The summed E-state index contributed by atoms with van der Waals surface area (Å²) in [5.74, 6) is 0. The topological polar surface area (TPSA) is 59.3 Å². The van der Waals surface area contributed by atoms with E-state index in [2.05, 4.69) is 9.88 Å². The molecule has 0 amide bonds. The zero-order valence-corrected chi connectivity index (χ0v) is 8.93. The molecule has 0 saturated heterocycles. The average molecular weight is 219 g/mol. The number of aromatic nitrogens is 1. The first-order valence-corrected chi connectivity index (χ1v) is 5.60. The molecule has 16 heavy (non-hydrogen) atoms. The molecule has 0 aromatic carbocycles. The van der Waals surface area contributed by atoms with Gasteiger partial charge in [0.1, 0.15) is 6.20 Å². The lowest BCUT2D eigenvalue weighted by Gasteiger charge is -2.27. The van der Waals surface area contributed by atoms with E-state index in [1.165, 1.54) is 19.0 Å². The molecule has 0 atom stereocenters. The normalized spacial score (nSPS) is 20.5. The Morgan fingerprint density at radius 2 is 2.31 bits per heavy atom. The van der Waals surface area contributed by atoms with Crippen LogP contribution in [0.5, 0.6) is 0 Å². The fourth-order valence-corrected chi connectivity index (χ4v) is 2.29. The van der Waals surface area contributed by atoms with Gasteiger partial charge in [-0.15, -0.1) is 0 Å². The number of hydrogen-bond acceptors (Lipinski definition) is 4. The Bertz CT molecular complexity index is 443. The predicted molar refractivity (Wildman–Crippen MR) is 58.0 cm³/mol. The van der Waals surface area contributed by atoms with Crippen LogP contribution in [-0.4, -0.2) is 27.4 Å². The van der Waals surface area contributed by atoms with Gasteiger partial charge in [-0.05, 0) is 18.4 Å². The molecule has 5 heteroatoms. The van der Waals surface area contributed by atoms with Crippen LogP contribution in [0, 0.1) is 10.1 Å². The molecule has 2 aliphatic rings. The Balaban J connectivity index is 1.88. The highest BCUT2D eigenvalue weighted by Gasteiger charge is 2.31. The lowest BCUT2D eigenvalue weighted by molar-refractivity contribution is -0.385. The lowest BCUT2D eigenvalue weighted by atomic mass is 10.1. The van der Waals surface area contributed by atoms with Crippen molar-refractivity contribution in [1.29, 1.82) is 0 Å². The molecule has 1 fully saturated rings. The van der Waals surface area contributed by atoms with Crippen molar-refractivity contribution < 1.29 is 4.92 Å². The number of rotatable bonds is 2. The van der Waals surface area contributed by atoms with E-state index in [0.717, 1.165) is 30.8 Å². The zero-order chi connectivity index (χ0) is 11.1. The number of pyridine rings is 1. The summed E-state index contributed by atoms with van der Waals surface area (Å²) in [6.45, 7) is 1.87. The minimum absolute atomic E-state index is 0.108. The molecule has 0 bridgehead atoms. The van der Waals surface area contributed by atoms with Gasteiger partial charge in [-0.2, -0.15) is 0 Å². The van der Waals surface area contributed by atoms with Crippen molar-refractivity contribution in [2.75, 3.05) is 6.54 Å². The number of hydrogen-bond donors (Lipinski definition) is 0. The third-order valence-electron chi connectivity index (χ3n) is 3.33. The highest BCUT2D eigenvalue weighted by Crippen LogP contribution is 2.31. The van der Waals surface area contributed by atoms with Crippen molar-refractivity contribution in [3.8, 4) is 0 Å². The summed E-state index contributed by atoms with van der Waals surface area (Å²) >= 11 is 0. The monoisotopic (exact) mass is 219 g/mol. The van der Waals surface area contributed by atoms with E-state index in [1.807, 2.05) is 0 Å². The molecule has 0 radical (unpaired) electrons. The summed E-state index contributed by atoms with van der Waals surface area (Å²) in [6.07, 6.45) is 4.84. The second-order valence-electron chi connectivity index (χ2n) is 4.51. The van der Waals surface area contributed by atoms with Crippen LogP contribution < -0.4 is 0 Å². The first-order chi connectivity index (χ1) is 7.74. The standard InChI is InChI=1S/C11H13N3O2/c15-14(16)10-5-8-7-13(9-1-2-9)4-3-11(8)12-6-10/h5-6,9H,1-4,7H2. The highest BCUT2D eigenvalue weighted by molar-refractivity contribution is 5.35. The van der Waals surface area contributed by atoms with Gasteiger partial charge in [-0.25, -0.2) is 0 Å². The summed E-state index contributed by atoms with van der Waals surface area (Å²) in [7, 11) is 0. The number of fused-ring (bicyclic) bond motifs is 1. The minimum Gasteiger partial charge on any atom is -0.296 e. The molecule has 1 aliphatic heterocycles. The molecule has 1 aromatic rings. The van der Waals surface area contributed by atoms with Crippen molar-refractivity contribution in [2.45, 2.75) is 31.8 Å². The number of nitrogens with zero attached hydrogens (tertiary/aromatic N) is 3. The van der Waals surface area contributed by atoms with E-state index in [9.17, 15) is 10.1 Å². The summed E-state index contributed by atoms with van der Waals surface area (Å²) in [5, 5.41) is 10.7. The van der Waals surface area contributed by atoms with Gasteiger partial charge < -0.3 is 0 Å². The van der Waals surface area contributed by atoms with Crippen LogP contribution in [0.3, 0.4) is 0 Å². The maximum atomic E-state index is 10.7. The summed E-state index contributed by atoms with van der Waals surface area (Å²) < 4.78 is 0. The van der Waals surface area contributed by atoms with Crippen LogP contribution in [-0.2, 0) is 13.0 Å². The lowest BCUT2D eigenvalue weighted by Crippen LogP contribution is -2.32. The summed E-state index contributed by atoms with van der Waals surface area (Å²) in [4.78, 5) is 16.9. The average Bonchev–Trinajstić information content (AvgIpc) is 3.11. The van der Waals surface area contributed by atoms with Crippen molar-refractivity contribution >= 4 is 5.69 Å². The molecular formula is C11H13N3O2. The Morgan fingerprint density at radius 1 is 1.50 bits per heavy atom. The van der Waals surface area contributed by atoms with E-state index in [-0.39, 0.29) is 10.6 Å². The molecule has 0 unspecified atom stereocenters. The first kappa shape index (κ1) is 9.72. The molecule has 0 spiro atoms. The highest BCUT2D eigenvalue weighted by atomic mass is 16.6. The van der Waals surface area contributed by atoms with Gasteiger partial charge in [0.05, 0.1) is 4.92 Å². The quantitative estimate of drug-likeness (QED) is 0.558. The van der Waals surface area contributed by atoms with E-state index in [4.69, 9.17) is 0 Å². The molecule has 0 N–H and O–H groups in total. The molecular weight excluding hydrogens is 206 g/mol.